The lowest BCUT2D eigenvalue weighted by atomic mass is 9.96. The Morgan fingerprint density at radius 1 is 0.960 bits per heavy atom. The highest BCUT2D eigenvalue weighted by Gasteiger charge is 2.31. The van der Waals surface area contributed by atoms with Crippen molar-refractivity contribution >= 4 is 23.6 Å². The fourth-order valence-corrected chi connectivity index (χ4v) is 4.20. The first-order valence-corrected chi connectivity index (χ1v) is 9.38. The van der Waals surface area contributed by atoms with E-state index in [-0.39, 0.29) is 23.0 Å². The van der Waals surface area contributed by atoms with Crippen molar-refractivity contribution in [2.45, 2.75) is 23.0 Å². The normalized spacial score (nSPS) is 16.4. The average Bonchev–Trinajstić information content (AvgIpc) is 2.67. The fraction of sp³-hybridized carbons (Fsp3) is 0.300. The van der Waals surface area contributed by atoms with Gasteiger partial charge in [-0.2, -0.15) is 0 Å². The van der Waals surface area contributed by atoms with Crippen molar-refractivity contribution < 1.29 is 9.59 Å². The Balaban J connectivity index is 1.77. The number of amides is 2. The van der Waals surface area contributed by atoms with Crippen molar-refractivity contribution in [2.24, 2.45) is 11.7 Å². The van der Waals surface area contributed by atoms with Gasteiger partial charge < -0.3 is 10.6 Å². The SMILES string of the molecule is NC(=O)C1CCN(C(=O)C(Sc2ccccc2)c2ccccc2)CC1. The van der Waals surface area contributed by atoms with E-state index in [1.54, 1.807) is 11.8 Å². The molecule has 1 aliphatic heterocycles. The van der Waals surface area contributed by atoms with Gasteiger partial charge in [-0.1, -0.05) is 48.5 Å². The van der Waals surface area contributed by atoms with Gasteiger partial charge in [-0.05, 0) is 30.5 Å². The van der Waals surface area contributed by atoms with Crippen LogP contribution in [0.5, 0.6) is 0 Å². The quantitative estimate of drug-likeness (QED) is 0.839. The third kappa shape index (κ3) is 4.42. The molecular weight excluding hydrogens is 332 g/mol. The summed E-state index contributed by atoms with van der Waals surface area (Å²) in [6.07, 6.45) is 1.30. The van der Waals surface area contributed by atoms with E-state index in [1.165, 1.54) is 0 Å². The van der Waals surface area contributed by atoms with Crippen LogP contribution in [-0.2, 0) is 9.59 Å². The number of benzene rings is 2. The Kier molecular flexibility index (Phi) is 5.76. The lowest BCUT2D eigenvalue weighted by Crippen LogP contribution is -2.43. The summed E-state index contributed by atoms with van der Waals surface area (Å²) in [7, 11) is 0. The molecule has 0 aromatic heterocycles. The summed E-state index contributed by atoms with van der Waals surface area (Å²) in [5.41, 5.74) is 6.39. The van der Waals surface area contributed by atoms with Gasteiger partial charge in [-0.15, -0.1) is 11.8 Å². The molecule has 130 valence electrons. The maximum atomic E-state index is 13.2. The number of thioether (sulfide) groups is 1. The van der Waals surface area contributed by atoms with Gasteiger partial charge in [0.2, 0.25) is 11.8 Å². The van der Waals surface area contributed by atoms with Gasteiger partial charge in [0.25, 0.3) is 0 Å². The Labute approximate surface area is 152 Å². The summed E-state index contributed by atoms with van der Waals surface area (Å²) < 4.78 is 0. The van der Waals surface area contributed by atoms with E-state index in [2.05, 4.69) is 0 Å². The monoisotopic (exact) mass is 354 g/mol. The van der Waals surface area contributed by atoms with Crippen LogP contribution in [0.15, 0.2) is 65.6 Å². The van der Waals surface area contributed by atoms with Gasteiger partial charge in [0.05, 0.1) is 0 Å². The summed E-state index contributed by atoms with van der Waals surface area (Å²) in [4.78, 5) is 27.4. The number of hydrogen-bond donors (Lipinski definition) is 1. The van der Waals surface area contributed by atoms with Crippen LogP contribution in [-0.4, -0.2) is 29.8 Å². The molecule has 0 saturated carbocycles. The molecule has 0 spiro atoms. The predicted molar refractivity (Wildman–Crippen MR) is 100.0 cm³/mol. The number of rotatable bonds is 5. The molecule has 2 aromatic carbocycles. The molecule has 0 radical (unpaired) electrons. The minimum absolute atomic E-state index is 0.1000. The first-order chi connectivity index (χ1) is 12.1. The van der Waals surface area contributed by atoms with Gasteiger partial charge in [0, 0.05) is 23.9 Å². The number of nitrogens with two attached hydrogens (primary N) is 1. The maximum absolute atomic E-state index is 13.2. The second kappa shape index (κ2) is 8.21. The van der Waals surface area contributed by atoms with Crippen LogP contribution in [0.25, 0.3) is 0 Å². The Hall–Kier alpha value is -2.27. The van der Waals surface area contributed by atoms with Crippen molar-refractivity contribution in [3.8, 4) is 0 Å². The van der Waals surface area contributed by atoms with Crippen molar-refractivity contribution in [3.63, 3.8) is 0 Å². The first-order valence-electron chi connectivity index (χ1n) is 8.50. The smallest absolute Gasteiger partial charge is 0.240 e. The number of carbonyl (C=O) groups excluding carboxylic acids is 2. The van der Waals surface area contributed by atoms with E-state index in [4.69, 9.17) is 5.73 Å². The molecule has 25 heavy (non-hydrogen) atoms. The summed E-state index contributed by atoms with van der Waals surface area (Å²) in [5, 5.41) is -0.284. The minimum Gasteiger partial charge on any atom is -0.369 e. The molecule has 2 aromatic rings. The van der Waals surface area contributed by atoms with E-state index >= 15 is 0 Å². The largest absolute Gasteiger partial charge is 0.369 e. The van der Waals surface area contributed by atoms with E-state index in [0.29, 0.717) is 25.9 Å². The van der Waals surface area contributed by atoms with Crippen LogP contribution in [0.2, 0.25) is 0 Å². The van der Waals surface area contributed by atoms with Gasteiger partial charge in [0.1, 0.15) is 5.25 Å². The molecule has 2 amide bonds. The molecule has 1 fully saturated rings. The Morgan fingerprint density at radius 3 is 2.08 bits per heavy atom. The maximum Gasteiger partial charge on any atom is 0.240 e. The van der Waals surface area contributed by atoms with Crippen molar-refractivity contribution in [1.29, 1.82) is 0 Å². The van der Waals surface area contributed by atoms with Gasteiger partial charge in [-0.3, -0.25) is 9.59 Å². The van der Waals surface area contributed by atoms with Crippen molar-refractivity contribution in [3.05, 3.63) is 66.2 Å². The Morgan fingerprint density at radius 2 is 1.52 bits per heavy atom. The molecule has 1 heterocycles. The first kappa shape index (κ1) is 17.5. The van der Waals surface area contributed by atoms with E-state index < -0.39 is 0 Å². The third-order valence-corrected chi connectivity index (χ3v) is 5.79. The van der Waals surface area contributed by atoms with Crippen LogP contribution in [0.1, 0.15) is 23.7 Å². The number of nitrogens with zero attached hydrogens (tertiary/aromatic N) is 1. The number of piperidine rings is 1. The van der Waals surface area contributed by atoms with Gasteiger partial charge in [0.15, 0.2) is 0 Å². The molecule has 1 saturated heterocycles. The van der Waals surface area contributed by atoms with Crippen LogP contribution < -0.4 is 5.73 Å². The van der Waals surface area contributed by atoms with E-state index in [0.717, 1.165) is 10.5 Å². The zero-order chi connectivity index (χ0) is 17.6. The molecule has 0 aliphatic carbocycles. The highest BCUT2D eigenvalue weighted by Crippen LogP contribution is 2.37. The third-order valence-electron chi connectivity index (χ3n) is 4.53. The van der Waals surface area contributed by atoms with Crippen LogP contribution in [0.4, 0.5) is 0 Å². The second-order valence-electron chi connectivity index (χ2n) is 6.22. The van der Waals surface area contributed by atoms with E-state index in [1.807, 2.05) is 65.6 Å². The number of likely N-dealkylation sites (tertiary alicyclic amines) is 1. The molecule has 1 aliphatic rings. The predicted octanol–water partition coefficient (Wildman–Crippen LogP) is 3.24. The molecule has 5 heteroatoms. The topological polar surface area (TPSA) is 63.4 Å². The van der Waals surface area contributed by atoms with Crippen molar-refractivity contribution in [2.75, 3.05) is 13.1 Å². The molecule has 4 nitrogen and oxygen atoms in total. The Bertz CT molecular complexity index is 713. The zero-order valence-electron chi connectivity index (χ0n) is 14.0. The molecule has 2 N–H and O–H groups in total. The number of primary amides is 1. The molecule has 1 unspecified atom stereocenters. The fourth-order valence-electron chi connectivity index (χ4n) is 3.07. The van der Waals surface area contributed by atoms with Crippen LogP contribution in [0.3, 0.4) is 0 Å². The van der Waals surface area contributed by atoms with Gasteiger partial charge >= 0.3 is 0 Å². The molecule has 3 rings (SSSR count). The summed E-state index contributed by atoms with van der Waals surface area (Å²) in [6, 6.07) is 19.8. The standard InChI is InChI=1S/C20H22N2O2S/c21-19(23)16-11-13-22(14-12-16)20(24)18(15-7-3-1-4-8-15)25-17-9-5-2-6-10-17/h1-10,16,18H,11-14H2,(H2,21,23). The minimum atomic E-state index is -0.284. The highest BCUT2D eigenvalue weighted by atomic mass is 32.2. The zero-order valence-corrected chi connectivity index (χ0v) is 14.8. The summed E-state index contributed by atoms with van der Waals surface area (Å²) >= 11 is 1.57. The number of hydrogen-bond acceptors (Lipinski definition) is 3. The molecular formula is C20H22N2O2S. The number of carbonyl (C=O) groups is 2. The molecule has 1 atom stereocenters. The highest BCUT2D eigenvalue weighted by molar-refractivity contribution is 8.00. The molecule has 0 bridgehead atoms. The van der Waals surface area contributed by atoms with Gasteiger partial charge in [-0.25, -0.2) is 0 Å². The second-order valence-corrected chi connectivity index (χ2v) is 7.40. The van der Waals surface area contributed by atoms with Crippen LogP contribution >= 0.6 is 11.8 Å². The summed E-state index contributed by atoms with van der Waals surface area (Å²) in [6.45, 7) is 1.18. The van der Waals surface area contributed by atoms with E-state index in [9.17, 15) is 9.59 Å². The van der Waals surface area contributed by atoms with Crippen molar-refractivity contribution in [1.82, 2.24) is 4.90 Å². The average molecular weight is 354 g/mol. The summed E-state index contributed by atoms with van der Waals surface area (Å²) in [5.74, 6) is -0.269. The lowest BCUT2D eigenvalue weighted by Gasteiger charge is -2.33. The van der Waals surface area contributed by atoms with Crippen LogP contribution in [0, 0.1) is 5.92 Å². The lowest BCUT2D eigenvalue weighted by molar-refractivity contribution is -0.134.